The number of anilines is 4. The number of aromatic carboxylic acids is 1. The number of nitrogens with zero attached hydrogens (tertiary/aromatic N) is 7. The Hall–Kier alpha value is -4.70. The minimum Gasteiger partial charge on any atom is -0.497 e. The van der Waals surface area contributed by atoms with Gasteiger partial charge in [0, 0.05) is 73.0 Å². The zero-order chi connectivity index (χ0) is 41.9. The maximum Gasteiger partial charge on any atom is 0.355 e. The molecule has 14 nitrogen and oxygen atoms in total. The molecule has 318 valence electrons. The lowest BCUT2D eigenvalue weighted by atomic mass is 9.39. The third-order valence-electron chi connectivity index (χ3n) is 13.6. The number of carboxylic acid groups (broad SMARTS) is 1. The molecule has 2 atom stereocenters. The van der Waals surface area contributed by atoms with E-state index in [1.54, 1.807) is 13.2 Å². The van der Waals surface area contributed by atoms with Gasteiger partial charge in [-0.05, 0) is 106 Å². The third-order valence-corrected chi connectivity index (χ3v) is 14.6. The maximum atomic E-state index is 12.9. The molecule has 3 aromatic heterocycles. The van der Waals surface area contributed by atoms with Crippen molar-refractivity contribution in [1.29, 1.82) is 0 Å². The predicted molar refractivity (Wildman–Crippen MR) is 235 cm³/mol. The fourth-order valence-corrected chi connectivity index (χ4v) is 13.1. The van der Waals surface area contributed by atoms with Crippen molar-refractivity contribution in [3.8, 4) is 5.75 Å². The molecule has 0 amide bonds. The molecule has 4 saturated carbocycles. The first-order chi connectivity index (χ1) is 28.8. The molecule has 15 heteroatoms. The smallest absolute Gasteiger partial charge is 0.355 e. The topological polar surface area (TPSA) is 173 Å². The highest BCUT2D eigenvalue weighted by molar-refractivity contribution is 7.22. The summed E-state index contributed by atoms with van der Waals surface area (Å²) in [7, 11) is 1.64. The number of ether oxygens (including phenoxy) is 3. The predicted octanol–water partition coefficient (Wildman–Crippen LogP) is 7.55. The zero-order valence-electron chi connectivity index (χ0n) is 35.5. The minimum atomic E-state index is -1.13. The van der Waals surface area contributed by atoms with Crippen LogP contribution in [0.15, 0.2) is 41.5 Å². The van der Waals surface area contributed by atoms with Crippen molar-refractivity contribution >= 4 is 61.4 Å². The standard InChI is InChI=1S/C45H57N9O5S/c1-28-31-7-6-12-54(39(31)52-51-38(28)50-41-48-34-19-30(57-5)8-10-35(34)60-41)36-11-9-32(37(49-36)40(55)56)33(20-46)29(2)47-27-44-22-42(3)21-43(4,23-44)25-45(24-42,26-44)59-18-15-53-13-16-58-17-14-53/h8-11,19-20H,6-7,12-18,21-27,46H2,1-5H3,(H,55,56)(H,48,50,51). The molecule has 2 aliphatic heterocycles. The number of nitrogens with two attached hydrogens (primary N) is 1. The lowest BCUT2D eigenvalue weighted by Crippen LogP contribution is -2.64. The first-order valence-electron chi connectivity index (χ1n) is 21.3. The molecule has 4 bridgehead atoms. The Morgan fingerprint density at radius 3 is 2.57 bits per heavy atom. The van der Waals surface area contributed by atoms with E-state index in [9.17, 15) is 9.90 Å². The monoisotopic (exact) mass is 835 g/mol. The number of aromatic nitrogens is 4. The van der Waals surface area contributed by atoms with Gasteiger partial charge < -0.3 is 35.3 Å². The zero-order valence-corrected chi connectivity index (χ0v) is 36.3. The number of hydrogen-bond acceptors (Lipinski definition) is 14. The Balaban J connectivity index is 0.937. The molecule has 1 saturated heterocycles. The molecule has 6 aliphatic rings. The van der Waals surface area contributed by atoms with E-state index in [1.807, 2.05) is 43.0 Å². The number of aliphatic imine (C=N–C) groups is 1. The van der Waals surface area contributed by atoms with Gasteiger partial charge in [-0.2, -0.15) is 0 Å². The molecule has 60 heavy (non-hydrogen) atoms. The Morgan fingerprint density at radius 2 is 1.83 bits per heavy atom. The van der Waals surface area contributed by atoms with Crippen LogP contribution in [0.4, 0.5) is 22.6 Å². The van der Waals surface area contributed by atoms with Gasteiger partial charge in [-0.25, -0.2) is 14.8 Å². The second-order valence-corrected chi connectivity index (χ2v) is 19.8. The van der Waals surface area contributed by atoms with Crippen LogP contribution in [0.5, 0.6) is 5.75 Å². The number of pyridine rings is 1. The largest absolute Gasteiger partial charge is 0.497 e. The van der Waals surface area contributed by atoms with Crippen molar-refractivity contribution in [2.45, 2.75) is 84.7 Å². The van der Waals surface area contributed by atoms with Gasteiger partial charge >= 0.3 is 5.97 Å². The summed E-state index contributed by atoms with van der Waals surface area (Å²) in [6.07, 6.45) is 9.77. The third kappa shape index (κ3) is 7.73. The molecule has 4 aromatic rings. The second kappa shape index (κ2) is 15.6. The van der Waals surface area contributed by atoms with E-state index in [0.717, 1.165) is 111 Å². The maximum absolute atomic E-state index is 12.9. The minimum absolute atomic E-state index is 0.00858. The molecule has 0 spiro atoms. The second-order valence-electron chi connectivity index (χ2n) is 18.7. The summed E-state index contributed by atoms with van der Waals surface area (Å²) < 4.78 is 18.9. The number of benzene rings is 1. The molecular weight excluding hydrogens is 779 g/mol. The Labute approximate surface area is 355 Å². The number of carbonyl (C=O) groups is 1. The lowest BCUT2D eigenvalue weighted by molar-refractivity contribution is -0.243. The summed E-state index contributed by atoms with van der Waals surface area (Å²) >= 11 is 1.53. The van der Waals surface area contributed by atoms with E-state index >= 15 is 0 Å². The number of carboxylic acids is 1. The van der Waals surface area contributed by atoms with E-state index in [-0.39, 0.29) is 27.5 Å². The molecule has 1 aromatic carbocycles. The van der Waals surface area contributed by atoms with E-state index in [4.69, 9.17) is 34.9 Å². The summed E-state index contributed by atoms with van der Waals surface area (Å²) in [5, 5.41) is 23.9. The quantitative estimate of drug-likeness (QED) is 0.113. The van der Waals surface area contributed by atoms with Gasteiger partial charge in [-0.1, -0.05) is 25.2 Å². The summed E-state index contributed by atoms with van der Waals surface area (Å²) in [6.45, 7) is 15.3. The first kappa shape index (κ1) is 40.7. The van der Waals surface area contributed by atoms with Crippen LogP contribution >= 0.6 is 11.3 Å². The van der Waals surface area contributed by atoms with Crippen LogP contribution in [0, 0.1) is 23.2 Å². The van der Waals surface area contributed by atoms with Gasteiger partial charge in [-0.3, -0.25) is 9.89 Å². The SMILES string of the molecule is COc1ccc2sc(Nc3nnc4c(c3C)CCCN4c3ccc(C(=CN)C(C)=NCC45CC6(C)CC(C)(C4)CC(OCCN4CCOCC4)(C6)C5)c(C(=O)O)n3)nc2c1. The van der Waals surface area contributed by atoms with E-state index in [2.05, 4.69) is 34.3 Å². The normalized spacial score (nSPS) is 28.0. The summed E-state index contributed by atoms with van der Waals surface area (Å²) in [5.74, 6) is 1.41. The number of fused-ring (bicyclic) bond motifs is 2. The number of rotatable bonds is 13. The Kier molecular flexibility index (Phi) is 10.6. The van der Waals surface area contributed by atoms with Crippen LogP contribution in [0.1, 0.15) is 92.9 Å². The molecular formula is C45H57N9O5S. The molecule has 0 radical (unpaired) electrons. The highest BCUT2D eigenvalue weighted by Crippen LogP contribution is 2.71. The molecule has 5 heterocycles. The summed E-state index contributed by atoms with van der Waals surface area (Å²) in [5.41, 5.74) is 11.1. The fourth-order valence-electron chi connectivity index (χ4n) is 12.2. The van der Waals surface area contributed by atoms with Crippen LogP contribution in [0.25, 0.3) is 15.8 Å². The fraction of sp³-hybridized carbons (Fsp3) is 0.556. The number of hydrogen-bond donors (Lipinski definition) is 3. The van der Waals surface area contributed by atoms with E-state index in [0.29, 0.717) is 52.5 Å². The highest BCUT2D eigenvalue weighted by Gasteiger charge is 2.66. The van der Waals surface area contributed by atoms with Crippen molar-refractivity contribution in [2.75, 3.05) is 69.9 Å². The first-order valence-corrected chi connectivity index (χ1v) is 22.1. The molecule has 10 rings (SSSR count). The van der Waals surface area contributed by atoms with Gasteiger partial charge in [0.25, 0.3) is 0 Å². The van der Waals surface area contributed by atoms with Crippen LogP contribution in [0.2, 0.25) is 0 Å². The highest BCUT2D eigenvalue weighted by atomic mass is 32.1. The van der Waals surface area contributed by atoms with Crippen LogP contribution < -0.4 is 20.7 Å². The Bertz CT molecular complexity index is 2360. The van der Waals surface area contributed by atoms with Gasteiger partial charge in [0.15, 0.2) is 22.5 Å². The Morgan fingerprint density at radius 1 is 1.05 bits per heavy atom. The van der Waals surface area contributed by atoms with Gasteiger partial charge in [-0.15, -0.1) is 10.2 Å². The van der Waals surface area contributed by atoms with Gasteiger partial charge in [0.2, 0.25) is 0 Å². The number of thiazole rings is 1. The summed E-state index contributed by atoms with van der Waals surface area (Å²) in [4.78, 5) is 32.1. The number of allylic oxidation sites excluding steroid dienone is 1. The summed E-state index contributed by atoms with van der Waals surface area (Å²) in [6, 6.07) is 9.48. The average molecular weight is 836 g/mol. The molecule has 2 unspecified atom stereocenters. The number of morpholine rings is 1. The van der Waals surface area contributed by atoms with Crippen LogP contribution in [0.3, 0.4) is 0 Å². The lowest BCUT2D eigenvalue weighted by Gasteiger charge is -2.69. The van der Waals surface area contributed by atoms with Gasteiger partial charge in [0.1, 0.15) is 11.6 Å². The van der Waals surface area contributed by atoms with Crippen molar-refractivity contribution in [3.63, 3.8) is 0 Å². The average Bonchev–Trinajstić information content (AvgIpc) is 3.62. The number of methoxy groups -OCH3 is 1. The van der Waals surface area contributed by atoms with Crippen LogP contribution in [-0.4, -0.2) is 107 Å². The van der Waals surface area contributed by atoms with Crippen molar-refractivity contribution < 1.29 is 24.1 Å². The van der Waals surface area contributed by atoms with Gasteiger partial charge in [0.05, 0.1) is 42.7 Å². The molecule has 5 fully saturated rings. The van der Waals surface area contributed by atoms with Crippen molar-refractivity contribution in [2.24, 2.45) is 27.0 Å². The van der Waals surface area contributed by atoms with Crippen molar-refractivity contribution in [3.05, 3.63) is 58.9 Å². The van der Waals surface area contributed by atoms with Crippen LogP contribution in [-0.2, 0) is 15.9 Å². The molecule has 4 N–H and O–H groups in total. The van der Waals surface area contributed by atoms with E-state index < -0.39 is 5.97 Å². The molecule has 4 aliphatic carbocycles. The number of nitrogens with one attached hydrogen (secondary N) is 1. The van der Waals surface area contributed by atoms with Crippen molar-refractivity contribution in [1.82, 2.24) is 25.1 Å². The van der Waals surface area contributed by atoms with E-state index in [1.165, 1.54) is 24.0 Å².